The van der Waals surface area contributed by atoms with Crippen LogP contribution in [0.15, 0.2) is 29.2 Å². The molecule has 1 aromatic carbocycles. The van der Waals surface area contributed by atoms with E-state index in [1.807, 2.05) is 31.2 Å². The average Bonchev–Trinajstić information content (AvgIpc) is 2.08. The third-order valence-electron chi connectivity index (χ3n) is 1.89. The topological polar surface area (TPSA) is 26.0 Å². The van der Waals surface area contributed by atoms with Crippen LogP contribution in [0.5, 0.6) is 0 Å². The van der Waals surface area contributed by atoms with Gasteiger partial charge >= 0.3 is 0 Å². The van der Waals surface area contributed by atoms with Gasteiger partial charge in [-0.05, 0) is 19.1 Å². The predicted molar refractivity (Wildman–Crippen MR) is 60.4 cm³/mol. The Morgan fingerprint density at radius 1 is 1.31 bits per heavy atom. The third kappa shape index (κ3) is 3.22. The van der Waals surface area contributed by atoms with Gasteiger partial charge in [0, 0.05) is 16.2 Å². The normalized spacial score (nSPS) is 15.4. The fraction of sp³-hybridized carbons (Fsp3) is 0.400. The molecule has 0 fully saturated rings. The summed E-state index contributed by atoms with van der Waals surface area (Å²) >= 11 is 7.73. The summed E-state index contributed by atoms with van der Waals surface area (Å²) in [7, 11) is 0. The summed E-state index contributed by atoms with van der Waals surface area (Å²) in [5, 5.41) is 1.19. The molecular formula is C10H14ClNS. The molecule has 2 atom stereocenters. The van der Waals surface area contributed by atoms with Gasteiger partial charge in [-0.1, -0.05) is 30.7 Å². The van der Waals surface area contributed by atoms with Crippen LogP contribution in [0.1, 0.15) is 13.8 Å². The molecule has 1 nitrogen and oxygen atoms in total. The Balaban J connectivity index is 2.69. The van der Waals surface area contributed by atoms with Crippen LogP contribution < -0.4 is 5.73 Å². The van der Waals surface area contributed by atoms with E-state index < -0.39 is 0 Å². The molecule has 0 bridgehead atoms. The summed E-state index contributed by atoms with van der Waals surface area (Å²) in [6, 6.07) is 8.02. The van der Waals surface area contributed by atoms with E-state index in [9.17, 15) is 0 Å². The van der Waals surface area contributed by atoms with Crippen molar-refractivity contribution >= 4 is 23.4 Å². The zero-order chi connectivity index (χ0) is 9.84. The Labute approximate surface area is 88.7 Å². The summed E-state index contributed by atoms with van der Waals surface area (Å²) in [4.78, 5) is 1.11. The molecule has 3 heteroatoms. The van der Waals surface area contributed by atoms with Crippen LogP contribution in [-0.2, 0) is 0 Å². The minimum Gasteiger partial charge on any atom is -0.327 e. The molecule has 0 aromatic heterocycles. The van der Waals surface area contributed by atoms with Crippen molar-refractivity contribution in [1.82, 2.24) is 0 Å². The zero-order valence-corrected chi connectivity index (χ0v) is 9.40. The molecule has 13 heavy (non-hydrogen) atoms. The predicted octanol–water partition coefficient (Wildman–Crippen LogP) is 3.17. The van der Waals surface area contributed by atoms with Crippen LogP contribution in [0.3, 0.4) is 0 Å². The molecule has 0 saturated carbocycles. The van der Waals surface area contributed by atoms with E-state index >= 15 is 0 Å². The van der Waals surface area contributed by atoms with Crippen molar-refractivity contribution in [2.75, 3.05) is 0 Å². The van der Waals surface area contributed by atoms with Gasteiger partial charge < -0.3 is 5.73 Å². The first-order valence-electron chi connectivity index (χ1n) is 4.28. The molecule has 1 aromatic rings. The lowest BCUT2D eigenvalue weighted by Gasteiger charge is -2.15. The third-order valence-corrected chi connectivity index (χ3v) is 3.74. The molecule has 0 spiro atoms. The van der Waals surface area contributed by atoms with Crippen LogP contribution in [0.4, 0.5) is 0 Å². The molecule has 0 aliphatic rings. The van der Waals surface area contributed by atoms with Gasteiger partial charge in [0.05, 0.1) is 5.02 Å². The van der Waals surface area contributed by atoms with E-state index in [4.69, 9.17) is 17.3 Å². The lowest BCUT2D eigenvalue weighted by Crippen LogP contribution is -2.26. The minimum absolute atomic E-state index is 0.182. The smallest absolute Gasteiger partial charge is 0.0541 e. The van der Waals surface area contributed by atoms with Crippen LogP contribution in [-0.4, -0.2) is 11.3 Å². The molecule has 2 unspecified atom stereocenters. The van der Waals surface area contributed by atoms with Gasteiger partial charge in [0.2, 0.25) is 0 Å². The molecule has 0 radical (unpaired) electrons. The van der Waals surface area contributed by atoms with Crippen molar-refractivity contribution in [2.24, 2.45) is 5.73 Å². The van der Waals surface area contributed by atoms with Crippen molar-refractivity contribution in [3.8, 4) is 0 Å². The molecule has 72 valence electrons. The largest absolute Gasteiger partial charge is 0.327 e. The molecule has 0 aliphatic carbocycles. The zero-order valence-electron chi connectivity index (χ0n) is 7.83. The van der Waals surface area contributed by atoms with E-state index in [1.54, 1.807) is 11.8 Å². The number of benzene rings is 1. The van der Waals surface area contributed by atoms with E-state index in [1.165, 1.54) is 0 Å². The average molecular weight is 216 g/mol. The number of hydrogen-bond acceptors (Lipinski definition) is 2. The van der Waals surface area contributed by atoms with Crippen molar-refractivity contribution in [1.29, 1.82) is 0 Å². The highest BCUT2D eigenvalue weighted by Gasteiger charge is 2.10. The van der Waals surface area contributed by atoms with Gasteiger partial charge in [-0.2, -0.15) is 0 Å². The number of rotatable bonds is 3. The highest BCUT2D eigenvalue weighted by Crippen LogP contribution is 2.30. The molecule has 1 rings (SSSR count). The fourth-order valence-corrected chi connectivity index (χ4v) is 2.07. The monoisotopic (exact) mass is 215 g/mol. The SMILES string of the molecule is CC(N)C(C)Sc1ccccc1Cl. The number of nitrogens with two attached hydrogens (primary N) is 1. The van der Waals surface area contributed by atoms with E-state index in [0.29, 0.717) is 5.25 Å². The maximum atomic E-state index is 6.01. The highest BCUT2D eigenvalue weighted by atomic mass is 35.5. The van der Waals surface area contributed by atoms with Crippen molar-refractivity contribution in [3.05, 3.63) is 29.3 Å². The van der Waals surface area contributed by atoms with Gasteiger partial charge in [-0.3, -0.25) is 0 Å². The Hall–Kier alpha value is -0.180. The first-order valence-corrected chi connectivity index (χ1v) is 5.54. The lowest BCUT2D eigenvalue weighted by atomic mass is 10.3. The Morgan fingerprint density at radius 3 is 2.46 bits per heavy atom. The molecule has 2 N–H and O–H groups in total. The van der Waals surface area contributed by atoms with E-state index in [-0.39, 0.29) is 6.04 Å². The fourth-order valence-electron chi connectivity index (χ4n) is 0.848. The summed E-state index contributed by atoms with van der Waals surface area (Å²) in [6.45, 7) is 4.12. The number of thioether (sulfide) groups is 1. The van der Waals surface area contributed by atoms with Crippen molar-refractivity contribution in [3.63, 3.8) is 0 Å². The van der Waals surface area contributed by atoms with Crippen molar-refractivity contribution in [2.45, 2.75) is 30.0 Å². The molecule has 0 saturated heterocycles. The molecule has 0 heterocycles. The summed E-state index contributed by atoms with van der Waals surface area (Å²) in [6.07, 6.45) is 0. The first kappa shape index (κ1) is 10.9. The molecule has 0 amide bonds. The quantitative estimate of drug-likeness (QED) is 0.784. The van der Waals surface area contributed by atoms with Crippen molar-refractivity contribution < 1.29 is 0 Å². The lowest BCUT2D eigenvalue weighted by molar-refractivity contribution is 0.731. The molecular weight excluding hydrogens is 202 g/mol. The maximum Gasteiger partial charge on any atom is 0.0541 e. The Morgan fingerprint density at radius 2 is 1.92 bits per heavy atom. The number of halogens is 1. The second-order valence-corrected chi connectivity index (χ2v) is 4.94. The van der Waals surface area contributed by atoms with Crippen LogP contribution >= 0.6 is 23.4 Å². The Kier molecular flexibility index (Phi) is 4.10. The Bertz CT molecular complexity index is 275. The van der Waals surface area contributed by atoms with Crippen LogP contribution in [0, 0.1) is 0 Å². The maximum absolute atomic E-state index is 6.01. The van der Waals surface area contributed by atoms with Gasteiger partial charge in [0.1, 0.15) is 0 Å². The van der Waals surface area contributed by atoms with Crippen LogP contribution in [0.25, 0.3) is 0 Å². The molecule has 0 aliphatic heterocycles. The summed E-state index contributed by atoms with van der Waals surface area (Å²) in [5.74, 6) is 0. The standard InChI is InChI=1S/C10H14ClNS/c1-7(12)8(2)13-10-6-4-3-5-9(10)11/h3-8H,12H2,1-2H3. The van der Waals surface area contributed by atoms with Gasteiger partial charge in [0.15, 0.2) is 0 Å². The van der Waals surface area contributed by atoms with E-state index in [2.05, 4.69) is 6.92 Å². The first-order chi connectivity index (χ1) is 6.11. The minimum atomic E-state index is 0.182. The van der Waals surface area contributed by atoms with Gasteiger partial charge in [-0.25, -0.2) is 0 Å². The van der Waals surface area contributed by atoms with Gasteiger partial charge in [0.25, 0.3) is 0 Å². The summed E-state index contributed by atoms with van der Waals surface area (Å²) in [5.41, 5.74) is 5.77. The second kappa shape index (κ2) is 4.89. The summed E-state index contributed by atoms with van der Waals surface area (Å²) < 4.78 is 0. The number of hydrogen-bond donors (Lipinski definition) is 1. The van der Waals surface area contributed by atoms with E-state index in [0.717, 1.165) is 9.92 Å². The highest BCUT2D eigenvalue weighted by molar-refractivity contribution is 8.00. The second-order valence-electron chi connectivity index (χ2n) is 3.11. The van der Waals surface area contributed by atoms with Gasteiger partial charge in [-0.15, -0.1) is 11.8 Å². The van der Waals surface area contributed by atoms with Crippen LogP contribution in [0.2, 0.25) is 5.02 Å².